The Morgan fingerprint density at radius 2 is 1.62 bits per heavy atom. The Labute approximate surface area is 233 Å². The fourth-order valence-corrected chi connectivity index (χ4v) is 4.92. The normalized spacial score (nSPS) is 15.5. The van der Waals surface area contributed by atoms with Gasteiger partial charge >= 0.3 is 0 Å². The van der Waals surface area contributed by atoms with E-state index in [0.717, 1.165) is 77.8 Å². The zero-order chi connectivity index (χ0) is 28.2. The van der Waals surface area contributed by atoms with Crippen LogP contribution in [-0.4, -0.2) is 82.9 Å². The van der Waals surface area contributed by atoms with Gasteiger partial charge in [0.05, 0.1) is 19.8 Å². The smallest absolute Gasteiger partial charge is 0.166 e. The zero-order valence-electron chi connectivity index (χ0n) is 24.2. The number of nitrogens with one attached hydrogen (secondary N) is 2. The Bertz CT molecular complexity index is 1310. The number of aromatic nitrogens is 5. The van der Waals surface area contributed by atoms with Crippen molar-refractivity contribution >= 4 is 27.9 Å². The van der Waals surface area contributed by atoms with Crippen molar-refractivity contribution in [2.75, 3.05) is 58.4 Å². The van der Waals surface area contributed by atoms with E-state index in [0.29, 0.717) is 13.2 Å². The van der Waals surface area contributed by atoms with Crippen molar-refractivity contribution in [1.29, 1.82) is 0 Å². The van der Waals surface area contributed by atoms with Crippen molar-refractivity contribution in [1.82, 2.24) is 34.7 Å². The second-order valence-electron chi connectivity index (χ2n) is 9.31. The summed E-state index contributed by atoms with van der Waals surface area (Å²) in [6.45, 7) is 10.2. The Morgan fingerprint density at radius 3 is 2.31 bits per heavy atom. The summed E-state index contributed by atoms with van der Waals surface area (Å²) in [6, 6.07) is 8.30. The number of piperidine rings is 1. The van der Waals surface area contributed by atoms with Crippen LogP contribution in [0.5, 0.6) is 0 Å². The molecule has 2 aliphatic rings. The van der Waals surface area contributed by atoms with E-state index in [1.165, 1.54) is 19.3 Å². The van der Waals surface area contributed by atoms with Gasteiger partial charge in [-0.1, -0.05) is 38.5 Å². The average Bonchev–Trinajstić information content (AvgIpc) is 3.57. The van der Waals surface area contributed by atoms with Crippen LogP contribution < -0.4 is 10.2 Å². The number of para-hydroxylation sites is 1. The maximum atomic E-state index is 5.60. The molecule has 2 N–H and O–H groups in total. The van der Waals surface area contributed by atoms with Gasteiger partial charge in [0.25, 0.3) is 0 Å². The highest BCUT2D eigenvalue weighted by molar-refractivity contribution is 5.95. The molecular weight excluding hydrogens is 488 g/mol. The molecule has 6 rings (SSSR count). The van der Waals surface area contributed by atoms with Gasteiger partial charge in [0, 0.05) is 42.8 Å². The number of aryl methyl sites for hydroxylation is 1. The Kier molecular flexibility index (Phi) is 11.7. The summed E-state index contributed by atoms with van der Waals surface area (Å²) < 4.78 is 7.76. The minimum absolute atomic E-state index is 0.710. The van der Waals surface area contributed by atoms with Crippen molar-refractivity contribution in [3.05, 3.63) is 36.3 Å². The van der Waals surface area contributed by atoms with E-state index >= 15 is 0 Å². The average molecular weight is 533 g/mol. The number of nitrogens with zero attached hydrogens (tertiary/aromatic N) is 6. The zero-order valence-corrected chi connectivity index (χ0v) is 24.2. The van der Waals surface area contributed by atoms with Crippen LogP contribution in [0.4, 0.5) is 5.82 Å². The van der Waals surface area contributed by atoms with E-state index < -0.39 is 0 Å². The first-order valence-electron chi connectivity index (χ1n) is 14.0. The number of rotatable bonds is 4. The molecule has 0 aliphatic carbocycles. The molecule has 0 saturated carbocycles. The molecule has 0 spiro atoms. The van der Waals surface area contributed by atoms with Crippen molar-refractivity contribution < 1.29 is 4.74 Å². The molecule has 9 heteroatoms. The third-order valence-corrected chi connectivity index (χ3v) is 6.75. The molecular formula is C30H44N8O. The summed E-state index contributed by atoms with van der Waals surface area (Å²) in [6.07, 6.45) is 13.9. The summed E-state index contributed by atoms with van der Waals surface area (Å²) in [5, 5.41) is 3.88. The summed E-state index contributed by atoms with van der Waals surface area (Å²) in [5.74, 6) is 2.71. The number of hydrogen-bond donors (Lipinski definition) is 2. The molecule has 9 nitrogen and oxygen atoms in total. The first-order valence-corrected chi connectivity index (χ1v) is 14.0. The van der Waals surface area contributed by atoms with E-state index in [-0.39, 0.29) is 0 Å². The molecule has 0 atom stereocenters. The molecule has 0 amide bonds. The molecule has 1 aromatic carbocycles. The lowest BCUT2D eigenvalue weighted by molar-refractivity contribution is 0.122. The number of H-pyrrole nitrogens is 1. The standard InChI is InChI=1S/C24H29N7O.C2H7N.C2H6.C2H2/c1-29-20(16-30-9-5-2-6-10-30)26-21-23(29)27-22(28-24(21)31-11-13-32-14-12-31)18-15-25-19-8-4-3-7-17(18)19;1-3-2;2*1-2/h3-4,7-8,15,25H,2,5-6,9-14,16H2,1H3;3H,1-2H3;1-2H3;1-2H. The van der Waals surface area contributed by atoms with Crippen LogP contribution in [0.1, 0.15) is 38.9 Å². The number of hydrogen-bond acceptors (Lipinski definition) is 7. The van der Waals surface area contributed by atoms with Crippen LogP contribution in [0, 0.1) is 12.8 Å². The molecule has 0 unspecified atom stereocenters. The number of benzene rings is 1. The number of likely N-dealkylation sites (tertiary alicyclic amines) is 1. The predicted molar refractivity (Wildman–Crippen MR) is 162 cm³/mol. The minimum atomic E-state index is 0.710. The number of ether oxygens (including phenoxy) is 1. The molecule has 4 aromatic rings. The van der Waals surface area contributed by atoms with E-state index in [9.17, 15) is 0 Å². The SMILES string of the molecule is C#C.CC.CNC.Cn1c(CN2CCCCC2)nc2c(N3CCOCC3)nc(-c3c[nH]c4ccccc34)nc21. The van der Waals surface area contributed by atoms with Crippen LogP contribution in [0.2, 0.25) is 0 Å². The lowest BCUT2D eigenvalue weighted by Crippen LogP contribution is -2.37. The van der Waals surface area contributed by atoms with Gasteiger partial charge in [-0.15, -0.1) is 12.8 Å². The molecule has 0 bridgehead atoms. The largest absolute Gasteiger partial charge is 0.378 e. The number of anilines is 1. The van der Waals surface area contributed by atoms with Crippen molar-refractivity contribution in [3.8, 4) is 24.2 Å². The number of aromatic amines is 1. The number of terminal acetylenes is 1. The highest BCUT2D eigenvalue weighted by Crippen LogP contribution is 2.32. The van der Waals surface area contributed by atoms with Crippen LogP contribution in [-0.2, 0) is 18.3 Å². The van der Waals surface area contributed by atoms with Gasteiger partial charge in [0.15, 0.2) is 22.8 Å². The van der Waals surface area contributed by atoms with Crippen LogP contribution in [0.15, 0.2) is 30.5 Å². The van der Waals surface area contributed by atoms with E-state index in [2.05, 4.69) is 62.8 Å². The fourth-order valence-electron chi connectivity index (χ4n) is 4.92. The first-order chi connectivity index (χ1) is 19.2. The maximum Gasteiger partial charge on any atom is 0.166 e. The van der Waals surface area contributed by atoms with Gasteiger partial charge in [-0.3, -0.25) is 4.90 Å². The van der Waals surface area contributed by atoms with E-state index in [1.807, 2.05) is 40.2 Å². The highest BCUT2D eigenvalue weighted by atomic mass is 16.5. The Morgan fingerprint density at radius 1 is 0.949 bits per heavy atom. The van der Waals surface area contributed by atoms with Crippen molar-refractivity contribution in [3.63, 3.8) is 0 Å². The van der Waals surface area contributed by atoms with Crippen LogP contribution in [0.25, 0.3) is 33.5 Å². The molecule has 2 aliphatic heterocycles. The quantitative estimate of drug-likeness (QED) is 0.376. The second kappa shape index (κ2) is 15.2. The molecule has 39 heavy (non-hydrogen) atoms. The van der Waals surface area contributed by atoms with Gasteiger partial charge in [-0.05, 0) is 46.1 Å². The topological polar surface area (TPSA) is 87.1 Å². The third kappa shape index (κ3) is 6.95. The summed E-state index contributed by atoms with van der Waals surface area (Å²) >= 11 is 0. The van der Waals surface area contributed by atoms with Crippen molar-refractivity contribution in [2.24, 2.45) is 7.05 Å². The van der Waals surface area contributed by atoms with Gasteiger partial charge < -0.3 is 24.5 Å². The van der Waals surface area contributed by atoms with Gasteiger partial charge in [0.2, 0.25) is 0 Å². The maximum absolute atomic E-state index is 5.60. The summed E-state index contributed by atoms with van der Waals surface area (Å²) in [4.78, 5) is 23.3. The van der Waals surface area contributed by atoms with E-state index in [4.69, 9.17) is 19.7 Å². The predicted octanol–water partition coefficient (Wildman–Crippen LogP) is 4.45. The van der Waals surface area contributed by atoms with Gasteiger partial charge in [-0.2, -0.15) is 0 Å². The first kappa shape index (κ1) is 30.1. The molecule has 210 valence electrons. The van der Waals surface area contributed by atoms with E-state index in [1.54, 1.807) is 0 Å². The second-order valence-corrected chi connectivity index (χ2v) is 9.31. The van der Waals surface area contributed by atoms with Crippen LogP contribution >= 0.6 is 0 Å². The number of fused-ring (bicyclic) bond motifs is 2. The monoisotopic (exact) mass is 532 g/mol. The van der Waals surface area contributed by atoms with Crippen molar-refractivity contribution in [2.45, 2.75) is 39.7 Å². The number of imidazole rings is 1. The molecule has 0 radical (unpaired) electrons. The summed E-state index contributed by atoms with van der Waals surface area (Å²) in [5.41, 5.74) is 3.91. The van der Waals surface area contributed by atoms with Gasteiger partial charge in [-0.25, -0.2) is 15.0 Å². The lowest BCUT2D eigenvalue weighted by Gasteiger charge is -2.28. The summed E-state index contributed by atoms with van der Waals surface area (Å²) in [7, 11) is 5.84. The molecule has 3 aromatic heterocycles. The Hall–Kier alpha value is -3.45. The highest BCUT2D eigenvalue weighted by Gasteiger charge is 2.24. The van der Waals surface area contributed by atoms with Gasteiger partial charge in [0.1, 0.15) is 5.82 Å². The minimum Gasteiger partial charge on any atom is -0.378 e. The third-order valence-electron chi connectivity index (χ3n) is 6.75. The Balaban J connectivity index is 0.000000553. The molecule has 2 saturated heterocycles. The number of morpholine rings is 1. The molecule has 5 heterocycles. The fraction of sp³-hybridized carbons (Fsp3) is 0.500. The van der Waals surface area contributed by atoms with Crippen LogP contribution in [0.3, 0.4) is 0 Å². The molecule has 2 fully saturated rings. The lowest BCUT2D eigenvalue weighted by atomic mass is 10.1.